The highest BCUT2D eigenvalue weighted by molar-refractivity contribution is 6.25. The van der Waals surface area contributed by atoms with Gasteiger partial charge >= 0.3 is 0 Å². The average Bonchev–Trinajstić information content (AvgIpc) is 3.53. The first kappa shape index (κ1) is 41.8. The number of nitrogens with one attached hydrogen (secondary N) is 3. The maximum Gasteiger partial charge on any atom is 0.264 e. The molecule has 1 aromatic heterocycles. The monoisotopic (exact) mass is 816 g/mol. The third-order valence-corrected chi connectivity index (χ3v) is 11.8. The van der Waals surface area contributed by atoms with E-state index in [0.717, 1.165) is 61.3 Å². The van der Waals surface area contributed by atoms with Crippen molar-refractivity contribution >= 4 is 58.8 Å². The molecule has 15 nitrogen and oxygen atoms in total. The Morgan fingerprint density at radius 2 is 1.58 bits per heavy atom. The van der Waals surface area contributed by atoms with E-state index in [1.165, 1.54) is 6.08 Å². The smallest absolute Gasteiger partial charge is 0.264 e. The number of nitrogens with zero attached hydrogens (tertiary/aromatic N) is 5. The molecule has 314 valence electrons. The highest BCUT2D eigenvalue weighted by Crippen LogP contribution is 2.32. The Labute approximate surface area is 349 Å². The molecule has 0 bridgehead atoms. The van der Waals surface area contributed by atoms with Gasteiger partial charge in [-0.2, -0.15) is 0 Å². The SMILES string of the molecule is O=C(/C=C/c1cccnc1)NCCCCC1CCN(C(=O)c2ccc(N3CCN(C(=O)CCCNc4cccc5c4C(=O)N(C4CCC(=O)NC4=O)C5=O)CC3)cc2)CC1. The molecule has 0 saturated carbocycles. The highest BCUT2D eigenvalue weighted by Gasteiger charge is 2.45. The summed E-state index contributed by atoms with van der Waals surface area (Å²) in [6, 6.07) is 15.4. The normalized spacial score (nSPS) is 18.5. The van der Waals surface area contributed by atoms with Crippen molar-refractivity contribution < 1.29 is 33.6 Å². The molecule has 3 saturated heterocycles. The highest BCUT2D eigenvalue weighted by atomic mass is 16.2. The van der Waals surface area contributed by atoms with Crippen molar-refractivity contribution in [1.29, 1.82) is 0 Å². The number of piperidine rings is 2. The zero-order chi connectivity index (χ0) is 42.0. The van der Waals surface area contributed by atoms with Gasteiger partial charge in [-0.15, -0.1) is 0 Å². The molecule has 5 heterocycles. The number of fused-ring (bicyclic) bond motifs is 1. The van der Waals surface area contributed by atoms with E-state index in [-0.39, 0.29) is 41.7 Å². The third kappa shape index (κ3) is 10.1. The summed E-state index contributed by atoms with van der Waals surface area (Å²) in [6.07, 6.45) is 12.7. The second-order valence-electron chi connectivity index (χ2n) is 15.8. The molecule has 2 aromatic carbocycles. The van der Waals surface area contributed by atoms with E-state index in [1.807, 2.05) is 46.2 Å². The van der Waals surface area contributed by atoms with Crippen molar-refractivity contribution in [3.8, 4) is 0 Å². The fraction of sp³-hybridized carbons (Fsp3) is 0.422. The Hall–Kier alpha value is -6.38. The number of carbonyl (C=O) groups is 7. The van der Waals surface area contributed by atoms with Crippen molar-refractivity contribution in [2.75, 3.05) is 62.6 Å². The van der Waals surface area contributed by atoms with Crippen LogP contribution < -0.4 is 20.9 Å². The van der Waals surface area contributed by atoms with Crippen LogP contribution in [0.3, 0.4) is 0 Å². The van der Waals surface area contributed by atoms with Crippen molar-refractivity contribution in [2.45, 2.75) is 63.8 Å². The predicted octanol–water partition coefficient (Wildman–Crippen LogP) is 3.88. The van der Waals surface area contributed by atoms with Gasteiger partial charge in [0.2, 0.25) is 23.6 Å². The number of aromatic nitrogens is 1. The van der Waals surface area contributed by atoms with Gasteiger partial charge in [-0.25, -0.2) is 0 Å². The quantitative estimate of drug-likeness (QED) is 0.116. The molecule has 7 rings (SSSR count). The molecule has 60 heavy (non-hydrogen) atoms. The Balaban J connectivity index is 0.775. The molecule has 1 unspecified atom stereocenters. The maximum atomic E-state index is 13.4. The van der Waals surface area contributed by atoms with Crippen LogP contribution in [0.4, 0.5) is 11.4 Å². The number of benzene rings is 2. The van der Waals surface area contributed by atoms with Crippen LogP contribution in [0, 0.1) is 5.92 Å². The fourth-order valence-electron chi connectivity index (χ4n) is 8.39. The predicted molar refractivity (Wildman–Crippen MR) is 225 cm³/mol. The topological polar surface area (TPSA) is 181 Å². The van der Waals surface area contributed by atoms with Gasteiger partial charge in [-0.05, 0) is 92.1 Å². The van der Waals surface area contributed by atoms with Crippen LogP contribution in [0.1, 0.15) is 94.4 Å². The molecule has 3 fully saturated rings. The van der Waals surface area contributed by atoms with Crippen molar-refractivity contribution in [1.82, 2.24) is 30.3 Å². The van der Waals surface area contributed by atoms with E-state index in [2.05, 4.69) is 25.8 Å². The minimum Gasteiger partial charge on any atom is -0.384 e. The number of unbranched alkanes of at least 4 members (excludes halogenated alkanes) is 1. The number of carbonyl (C=O) groups excluding carboxylic acids is 7. The van der Waals surface area contributed by atoms with E-state index in [1.54, 1.807) is 36.7 Å². The Kier molecular flexibility index (Phi) is 13.6. The van der Waals surface area contributed by atoms with Crippen LogP contribution in [0.2, 0.25) is 0 Å². The summed E-state index contributed by atoms with van der Waals surface area (Å²) in [5.74, 6) is -1.64. The molecule has 0 radical (unpaired) electrons. The minimum absolute atomic E-state index is 0.0457. The van der Waals surface area contributed by atoms with Gasteiger partial charge in [0.25, 0.3) is 17.7 Å². The van der Waals surface area contributed by atoms with Gasteiger partial charge in [0.05, 0.1) is 11.1 Å². The molecule has 4 aliphatic rings. The summed E-state index contributed by atoms with van der Waals surface area (Å²) < 4.78 is 0. The number of likely N-dealkylation sites (tertiary alicyclic amines) is 1. The summed E-state index contributed by atoms with van der Waals surface area (Å²) in [6.45, 7) is 5.05. The van der Waals surface area contributed by atoms with Gasteiger partial charge in [-0.3, -0.25) is 48.8 Å². The van der Waals surface area contributed by atoms with Crippen molar-refractivity contribution in [3.63, 3.8) is 0 Å². The van der Waals surface area contributed by atoms with Crippen molar-refractivity contribution in [3.05, 3.63) is 95.3 Å². The number of amides is 7. The number of hydrogen-bond acceptors (Lipinski definition) is 10. The second kappa shape index (κ2) is 19.6. The van der Waals surface area contributed by atoms with Gasteiger partial charge in [0.15, 0.2) is 0 Å². The summed E-state index contributed by atoms with van der Waals surface area (Å²) >= 11 is 0. The lowest BCUT2D eigenvalue weighted by molar-refractivity contribution is -0.136. The first-order valence-electron chi connectivity index (χ1n) is 21.0. The van der Waals surface area contributed by atoms with Gasteiger partial charge in [0.1, 0.15) is 6.04 Å². The Bertz CT molecular complexity index is 2110. The molecule has 1 atom stereocenters. The standard InChI is InChI=1S/C45H52N8O7/c54-38(17-11-32-7-4-21-46-30-32)48-22-2-1-6-31-19-24-52(25-20-31)43(58)33-12-14-34(15-13-33)50-26-28-51(29-27-50)40(56)10-5-23-47-36-9-3-8-35-41(36)45(60)53(44(35)59)37-16-18-39(55)49-42(37)57/h3-4,7-9,11-15,17,21,30-31,37,47H,1-2,5-6,10,16,18-20,22-29H2,(H,48,54)(H,49,55,57)/b17-11+. The van der Waals surface area contributed by atoms with Crippen LogP contribution in [0.5, 0.6) is 0 Å². The lowest BCUT2D eigenvalue weighted by Gasteiger charge is -2.36. The van der Waals surface area contributed by atoms with E-state index in [4.69, 9.17) is 0 Å². The van der Waals surface area contributed by atoms with Gasteiger partial charge in [0, 0.05) is 101 Å². The van der Waals surface area contributed by atoms with Crippen LogP contribution in [0.25, 0.3) is 6.08 Å². The number of imide groups is 2. The van der Waals surface area contributed by atoms with E-state index >= 15 is 0 Å². The number of rotatable bonds is 15. The summed E-state index contributed by atoms with van der Waals surface area (Å²) in [5.41, 5.74) is 3.45. The van der Waals surface area contributed by atoms with Crippen LogP contribution in [-0.4, -0.2) is 119 Å². The molecule has 4 aliphatic heterocycles. The largest absolute Gasteiger partial charge is 0.384 e. The third-order valence-electron chi connectivity index (χ3n) is 11.8. The Morgan fingerprint density at radius 1 is 0.800 bits per heavy atom. The molecule has 7 amide bonds. The van der Waals surface area contributed by atoms with E-state index < -0.39 is 29.7 Å². The summed E-state index contributed by atoms with van der Waals surface area (Å²) in [4.78, 5) is 100. The number of hydrogen-bond donors (Lipinski definition) is 3. The molecule has 0 aliphatic carbocycles. The minimum atomic E-state index is -1.03. The number of anilines is 2. The maximum absolute atomic E-state index is 13.4. The average molecular weight is 817 g/mol. The summed E-state index contributed by atoms with van der Waals surface area (Å²) in [5, 5.41) is 8.36. The zero-order valence-electron chi connectivity index (χ0n) is 33.8. The van der Waals surface area contributed by atoms with E-state index in [0.29, 0.717) is 69.3 Å². The van der Waals surface area contributed by atoms with Crippen LogP contribution in [-0.2, 0) is 19.2 Å². The van der Waals surface area contributed by atoms with Crippen LogP contribution in [0.15, 0.2) is 73.1 Å². The first-order chi connectivity index (χ1) is 29.2. The molecular formula is C45H52N8O7. The van der Waals surface area contributed by atoms with Crippen molar-refractivity contribution in [2.24, 2.45) is 5.92 Å². The summed E-state index contributed by atoms with van der Waals surface area (Å²) in [7, 11) is 0. The van der Waals surface area contributed by atoms with E-state index in [9.17, 15) is 33.6 Å². The molecule has 3 aromatic rings. The first-order valence-corrected chi connectivity index (χ1v) is 21.0. The lowest BCUT2D eigenvalue weighted by atomic mass is 9.91. The second-order valence-corrected chi connectivity index (χ2v) is 15.8. The molecule has 3 N–H and O–H groups in total. The zero-order valence-corrected chi connectivity index (χ0v) is 33.8. The van der Waals surface area contributed by atoms with Gasteiger partial charge < -0.3 is 25.3 Å². The van der Waals surface area contributed by atoms with Gasteiger partial charge in [-0.1, -0.05) is 25.0 Å². The molecular weight excluding hydrogens is 765 g/mol. The Morgan fingerprint density at radius 3 is 2.32 bits per heavy atom. The number of pyridine rings is 1. The van der Waals surface area contributed by atoms with Crippen LogP contribution >= 0.6 is 0 Å². The number of piperazine rings is 1. The fourth-order valence-corrected chi connectivity index (χ4v) is 8.39. The lowest BCUT2D eigenvalue weighted by Crippen LogP contribution is -2.54. The molecule has 0 spiro atoms. The molecule has 15 heteroatoms.